The Morgan fingerprint density at radius 3 is 2.73 bits per heavy atom. The van der Waals surface area contributed by atoms with Gasteiger partial charge in [-0.2, -0.15) is 0 Å². The number of anilines is 1. The van der Waals surface area contributed by atoms with Gasteiger partial charge in [0.05, 0.1) is 12.3 Å². The van der Waals surface area contributed by atoms with Gasteiger partial charge in [-0.3, -0.25) is 0 Å². The smallest absolute Gasteiger partial charge is 0.225 e. The first-order valence-corrected chi connectivity index (χ1v) is 7.84. The Bertz CT molecular complexity index is 642. The lowest BCUT2D eigenvalue weighted by Gasteiger charge is -2.19. The van der Waals surface area contributed by atoms with E-state index >= 15 is 0 Å². The average Bonchev–Trinajstić information content (AvgIpc) is 3.02. The van der Waals surface area contributed by atoms with Gasteiger partial charge in [0.25, 0.3) is 0 Å². The first-order valence-electron chi connectivity index (χ1n) is 7.84. The second-order valence-corrected chi connectivity index (χ2v) is 5.78. The fourth-order valence-electron chi connectivity index (χ4n) is 3.31. The summed E-state index contributed by atoms with van der Waals surface area (Å²) in [5, 5.41) is 0. The number of hydrogen-bond donors (Lipinski definition) is 0. The van der Waals surface area contributed by atoms with Crippen LogP contribution < -0.4 is 4.90 Å². The minimum Gasteiger partial charge on any atom is -0.381 e. The van der Waals surface area contributed by atoms with E-state index in [0.717, 1.165) is 51.5 Å². The van der Waals surface area contributed by atoms with Gasteiger partial charge in [0, 0.05) is 50.1 Å². The van der Waals surface area contributed by atoms with E-state index in [0.29, 0.717) is 5.92 Å². The predicted molar refractivity (Wildman–Crippen MR) is 81.9 cm³/mol. The van der Waals surface area contributed by atoms with Crippen molar-refractivity contribution in [3.8, 4) is 0 Å². The van der Waals surface area contributed by atoms with Gasteiger partial charge in [0.2, 0.25) is 5.95 Å². The summed E-state index contributed by atoms with van der Waals surface area (Å²) in [5.41, 5.74) is 3.69. The summed E-state index contributed by atoms with van der Waals surface area (Å²) >= 11 is 0. The van der Waals surface area contributed by atoms with Crippen LogP contribution >= 0.6 is 0 Å². The Balaban J connectivity index is 1.60. The van der Waals surface area contributed by atoms with Crippen molar-refractivity contribution in [1.29, 1.82) is 0 Å². The minimum atomic E-state index is 0.427. The maximum Gasteiger partial charge on any atom is 0.225 e. The van der Waals surface area contributed by atoms with E-state index in [1.807, 2.05) is 6.07 Å². The fourth-order valence-corrected chi connectivity index (χ4v) is 3.31. The van der Waals surface area contributed by atoms with Gasteiger partial charge in [-0.1, -0.05) is 0 Å². The van der Waals surface area contributed by atoms with E-state index in [1.54, 1.807) is 18.7 Å². The Labute approximate surface area is 129 Å². The maximum absolute atomic E-state index is 5.53. The first-order chi connectivity index (χ1) is 10.9. The molecule has 0 aliphatic carbocycles. The molecule has 0 aromatic carbocycles. The number of rotatable bonds is 2. The molecule has 4 rings (SSSR count). The van der Waals surface area contributed by atoms with Crippen LogP contribution in [0.15, 0.2) is 24.8 Å². The van der Waals surface area contributed by atoms with Gasteiger partial charge in [0.15, 0.2) is 0 Å². The second kappa shape index (κ2) is 5.96. The van der Waals surface area contributed by atoms with E-state index in [9.17, 15) is 0 Å². The second-order valence-electron chi connectivity index (χ2n) is 5.78. The fraction of sp³-hybridized carbons (Fsp3) is 0.500. The van der Waals surface area contributed by atoms with Crippen molar-refractivity contribution < 1.29 is 4.74 Å². The third-order valence-corrected chi connectivity index (χ3v) is 4.47. The number of aromatic nitrogens is 4. The summed E-state index contributed by atoms with van der Waals surface area (Å²) in [4.78, 5) is 20.1. The van der Waals surface area contributed by atoms with Crippen molar-refractivity contribution in [2.24, 2.45) is 0 Å². The third kappa shape index (κ3) is 2.54. The maximum atomic E-state index is 5.53. The van der Waals surface area contributed by atoms with Gasteiger partial charge in [-0.15, -0.1) is 0 Å². The zero-order valence-corrected chi connectivity index (χ0v) is 12.5. The molecule has 1 saturated heterocycles. The van der Waals surface area contributed by atoms with Crippen LogP contribution in [0.3, 0.4) is 0 Å². The predicted octanol–water partition coefficient (Wildman–Crippen LogP) is 1.38. The summed E-state index contributed by atoms with van der Waals surface area (Å²) in [5.74, 6) is 1.23. The molecule has 2 aliphatic rings. The molecular formula is C16H19N5O. The Morgan fingerprint density at radius 1 is 1.05 bits per heavy atom. The molecule has 1 fully saturated rings. The Hall–Kier alpha value is -2.08. The molecule has 2 aliphatic heterocycles. The van der Waals surface area contributed by atoms with Gasteiger partial charge >= 0.3 is 0 Å². The number of hydrogen-bond acceptors (Lipinski definition) is 6. The summed E-state index contributed by atoms with van der Waals surface area (Å²) in [6.07, 6.45) is 8.22. The summed E-state index contributed by atoms with van der Waals surface area (Å²) in [7, 11) is 0. The van der Waals surface area contributed by atoms with Gasteiger partial charge in [0.1, 0.15) is 6.33 Å². The van der Waals surface area contributed by atoms with E-state index in [2.05, 4.69) is 24.8 Å². The van der Waals surface area contributed by atoms with Crippen molar-refractivity contribution in [3.63, 3.8) is 0 Å². The van der Waals surface area contributed by atoms with Gasteiger partial charge in [-0.25, -0.2) is 19.9 Å². The quantitative estimate of drug-likeness (QED) is 0.834. The van der Waals surface area contributed by atoms with Crippen LogP contribution in [0.2, 0.25) is 0 Å². The van der Waals surface area contributed by atoms with Crippen LogP contribution in [-0.2, 0) is 17.6 Å². The first kappa shape index (κ1) is 13.6. The highest BCUT2D eigenvalue weighted by atomic mass is 16.5. The molecule has 6 heteroatoms. The van der Waals surface area contributed by atoms with Crippen LogP contribution in [0.5, 0.6) is 0 Å². The van der Waals surface area contributed by atoms with Crippen molar-refractivity contribution in [2.45, 2.75) is 25.2 Å². The van der Waals surface area contributed by atoms with Gasteiger partial charge in [-0.05, 0) is 24.5 Å². The molecular weight excluding hydrogens is 278 g/mol. The van der Waals surface area contributed by atoms with Crippen LogP contribution in [0, 0.1) is 0 Å². The number of ether oxygens (including phenoxy) is 1. The molecule has 0 bridgehead atoms. The molecule has 1 atom stereocenters. The van der Waals surface area contributed by atoms with Crippen molar-refractivity contribution >= 4 is 5.95 Å². The van der Waals surface area contributed by atoms with Crippen LogP contribution in [0.4, 0.5) is 5.95 Å². The minimum absolute atomic E-state index is 0.427. The van der Waals surface area contributed by atoms with Crippen LogP contribution in [0.25, 0.3) is 0 Å². The molecule has 0 saturated carbocycles. The van der Waals surface area contributed by atoms with E-state index < -0.39 is 0 Å². The van der Waals surface area contributed by atoms with Crippen molar-refractivity contribution in [3.05, 3.63) is 41.7 Å². The topological polar surface area (TPSA) is 64.0 Å². The highest BCUT2D eigenvalue weighted by Crippen LogP contribution is 2.29. The molecule has 0 unspecified atom stereocenters. The van der Waals surface area contributed by atoms with E-state index in [4.69, 9.17) is 4.74 Å². The number of nitrogens with zero attached hydrogens (tertiary/aromatic N) is 5. The summed E-state index contributed by atoms with van der Waals surface area (Å²) in [6.45, 7) is 3.43. The van der Waals surface area contributed by atoms with Crippen molar-refractivity contribution in [2.75, 3.05) is 31.2 Å². The molecule has 0 radical (unpaired) electrons. The highest BCUT2D eigenvalue weighted by molar-refractivity contribution is 5.36. The summed E-state index contributed by atoms with van der Waals surface area (Å²) in [6, 6.07) is 1.85. The third-order valence-electron chi connectivity index (χ3n) is 4.47. The zero-order valence-electron chi connectivity index (χ0n) is 12.5. The lowest BCUT2D eigenvalue weighted by molar-refractivity contribution is 0.193. The molecule has 114 valence electrons. The molecule has 2 aromatic rings. The lowest BCUT2D eigenvalue weighted by atomic mass is 9.96. The molecule has 0 amide bonds. The standard InChI is InChI=1S/C16H19N5O/c1-5-17-16(18-6-1)21-7-2-13-14(3-8-21)19-11-20-15(13)12-4-9-22-10-12/h1,5-6,11-12H,2-4,7-10H2/t12-/m0/s1. The van der Waals surface area contributed by atoms with Gasteiger partial charge < -0.3 is 9.64 Å². The molecule has 0 N–H and O–H groups in total. The van der Waals surface area contributed by atoms with Crippen molar-refractivity contribution in [1.82, 2.24) is 19.9 Å². The summed E-state index contributed by atoms with van der Waals surface area (Å²) < 4.78 is 5.53. The normalized spacial score (nSPS) is 21.5. The molecule has 4 heterocycles. The molecule has 6 nitrogen and oxygen atoms in total. The Kier molecular flexibility index (Phi) is 3.68. The lowest BCUT2D eigenvalue weighted by Crippen LogP contribution is -2.27. The number of fused-ring (bicyclic) bond motifs is 1. The molecule has 22 heavy (non-hydrogen) atoms. The van der Waals surface area contributed by atoms with E-state index in [1.165, 1.54) is 17.0 Å². The highest BCUT2D eigenvalue weighted by Gasteiger charge is 2.26. The Morgan fingerprint density at radius 2 is 1.91 bits per heavy atom. The van der Waals surface area contributed by atoms with Crippen LogP contribution in [0.1, 0.15) is 29.3 Å². The van der Waals surface area contributed by atoms with Crippen LogP contribution in [-0.4, -0.2) is 46.2 Å². The zero-order chi connectivity index (χ0) is 14.8. The van der Waals surface area contributed by atoms with E-state index in [-0.39, 0.29) is 0 Å². The monoisotopic (exact) mass is 297 g/mol. The molecule has 2 aromatic heterocycles. The average molecular weight is 297 g/mol. The molecule has 0 spiro atoms. The largest absolute Gasteiger partial charge is 0.381 e. The SMILES string of the molecule is c1cnc(N2CCc3ncnc([C@H]4CCOC4)c3CC2)nc1.